The van der Waals surface area contributed by atoms with E-state index in [-0.39, 0.29) is 17.1 Å². The van der Waals surface area contributed by atoms with E-state index in [0.717, 1.165) is 11.4 Å². The molecule has 0 aliphatic carbocycles. The van der Waals surface area contributed by atoms with Crippen LogP contribution >= 0.6 is 0 Å². The van der Waals surface area contributed by atoms with Crippen molar-refractivity contribution in [3.8, 4) is 17.2 Å². The van der Waals surface area contributed by atoms with Crippen molar-refractivity contribution in [3.05, 3.63) is 58.4 Å². The lowest BCUT2D eigenvalue weighted by Gasteiger charge is -2.10. The molecule has 3 N–H and O–H groups in total. The highest BCUT2D eigenvalue weighted by atomic mass is 16.5. The summed E-state index contributed by atoms with van der Waals surface area (Å²) in [6, 6.07) is 11.3. The first kappa shape index (κ1) is 14.8. The number of phenols is 2. The van der Waals surface area contributed by atoms with Gasteiger partial charge in [0.1, 0.15) is 11.3 Å². The second-order valence-corrected chi connectivity index (χ2v) is 5.01. The molecule has 0 spiro atoms. The van der Waals surface area contributed by atoms with Gasteiger partial charge in [0.2, 0.25) is 0 Å². The summed E-state index contributed by atoms with van der Waals surface area (Å²) in [5, 5.41) is 22.9. The number of methoxy groups -OCH3 is 1. The summed E-state index contributed by atoms with van der Waals surface area (Å²) in [5.41, 5.74) is 1.21. The summed E-state index contributed by atoms with van der Waals surface area (Å²) < 4.78 is 10.1. The fourth-order valence-electron chi connectivity index (χ4n) is 2.30. The molecule has 0 saturated carbocycles. The maximum atomic E-state index is 11.6. The molecule has 6 heteroatoms. The van der Waals surface area contributed by atoms with Crippen LogP contribution in [0, 0.1) is 0 Å². The van der Waals surface area contributed by atoms with Gasteiger partial charge in [0.05, 0.1) is 7.11 Å². The van der Waals surface area contributed by atoms with Crippen LogP contribution in [0.3, 0.4) is 0 Å². The molecule has 2 aromatic carbocycles. The van der Waals surface area contributed by atoms with Crippen LogP contribution < -0.4 is 15.7 Å². The number of rotatable bonds is 4. The van der Waals surface area contributed by atoms with E-state index in [2.05, 4.69) is 5.32 Å². The molecular weight excluding hydrogens is 298 g/mol. The third-order valence-electron chi connectivity index (χ3n) is 3.50. The Labute approximate surface area is 131 Å². The average Bonchev–Trinajstić information content (AvgIpc) is 2.55. The van der Waals surface area contributed by atoms with Crippen LogP contribution in [-0.4, -0.2) is 17.3 Å². The van der Waals surface area contributed by atoms with Crippen molar-refractivity contribution in [2.45, 2.75) is 6.54 Å². The first-order valence-corrected chi connectivity index (χ1v) is 6.93. The molecular formula is C17H15NO5. The number of fused-ring (bicyclic) bond motifs is 1. The van der Waals surface area contributed by atoms with Crippen molar-refractivity contribution in [1.29, 1.82) is 0 Å². The minimum absolute atomic E-state index is 0.222. The smallest absolute Gasteiger partial charge is 0.336 e. The zero-order valence-electron chi connectivity index (χ0n) is 12.4. The van der Waals surface area contributed by atoms with Gasteiger partial charge in [0, 0.05) is 29.8 Å². The van der Waals surface area contributed by atoms with Crippen LogP contribution in [0.15, 0.2) is 51.7 Å². The summed E-state index contributed by atoms with van der Waals surface area (Å²) in [7, 11) is 1.60. The van der Waals surface area contributed by atoms with Crippen molar-refractivity contribution in [2.75, 3.05) is 12.4 Å². The monoisotopic (exact) mass is 313 g/mol. The second kappa shape index (κ2) is 5.92. The lowest BCUT2D eigenvalue weighted by atomic mass is 10.1. The van der Waals surface area contributed by atoms with Crippen LogP contribution in [0.25, 0.3) is 11.0 Å². The van der Waals surface area contributed by atoms with E-state index in [1.165, 1.54) is 18.2 Å². The number of hydrogen-bond acceptors (Lipinski definition) is 6. The first-order valence-electron chi connectivity index (χ1n) is 6.93. The largest absolute Gasteiger partial charge is 0.504 e. The maximum absolute atomic E-state index is 11.6. The van der Waals surface area contributed by atoms with Crippen LogP contribution in [0.2, 0.25) is 0 Å². The van der Waals surface area contributed by atoms with Gasteiger partial charge in [-0.15, -0.1) is 0 Å². The predicted octanol–water partition coefficient (Wildman–Crippen LogP) is 2.82. The fourth-order valence-corrected chi connectivity index (χ4v) is 2.30. The van der Waals surface area contributed by atoms with E-state index in [1.807, 2.05) is 24.3 Å². The minimum Gasteiger partial charge on any atom is -0.504 e. The second-order valence-electron chi connectivity index (χ2n) is 5.01. The van der Waals surface area contributed by atoms with Crippen LogP contribution in [0.1, 0.15) is 5.56 Å². The minimum atomic E-state index is -0.519. The van der Waals surface area contributed by atoms with Gasteiger partial charge in [-0.2, -0.15) is 0 Å². The Bertz CT molecular complexity index is 899. The summed E-state index contributed by atoms with van der Waals surface area (Å²) in [5.74, 6) is 0.153. The first-order chi connectivity index (χ1) is 11.1. The molecule has 0 atom stereocenters. The molecule has 0 fully saturated rings. The number of benzene rings is 2. The zero-order chi connectivity index (χ0) is 16.4. The van der Waals surface area contributed by atoms with Gasteiger partial charge >= 0.3 is 5.63 Å². The van der Waals surface area contributed by atoms with Gasteiger partial charge in [-0.05, 0) is 35.9 Å². The molecule has 118 valence electrons. The molecule has 6 nitrogen and oxygen atoms in total. The van der Waals surface area contributed by atoms with Gasteiger partial charge in [0.25, 0.3) is 0 Å². The number of hydrogen-bond donors (Lipinski definition) is 3. The van der Waals surface area contributed by atoms with Crippen molar-refractivity contribution < 1.29 is 19.4 Å². The van der Waals surface area contributed by atoms with Gasteiger partial charge in [-0.1, -0.05) is 0 Å². The summed E-state index contributed by atoms with van der Waals surface area (Å²) >= 11 is 0. The molecule has 0 bridgehead atoms. The third-order valence-corrected chi connectivity index (χ3v) is 3.50. The van der Waals surface area contributed by atoms with E-state index < -0.39 is 5.63 Å². The number of ether oxygens (including phenoxy) is 1. The molecule has 0 amide bonds. The molecule has 1 aromatic heterocycles. The molecule has 0 aliphatic heterocycles. The lowest BCUT2D eigenvalue weighted by molar-refractivity contribution is 0.403. The number of anilines is 1. The van der Waals surface area contributed by atoms with Crippen molar-refractivity contribution in [1.82, 2.24) is 0 Å². The lowest BCUT2D eigenvalue weighted by Crippen LogP contribution is -2.05. The molecule has 3 aromatic rings. The average molecular weight is 313 g/mol. The van der Waals surface area contributed by atoms with Crippen LogP contribution in [0.4, 0.5) is 5.69 Å². The highest BCUT2D eigenvalue weighted by molar-refractivity contribution is 5.84. The number of aromatic hydroxyl groups is 2. The molecule has 0 radical (unpaired) electrons. The van der Waals surface area contributed by atoms with E-state index in [0.29, 0.717) is 17.5 Å². The van der Waals surface area contributed by atoms with Crippen molar-refractivity contribution in [3.63, 3.8) is 0 Å². The van der Waals surface area contributed by atoms with E-state index in [1.54, 1.807) is 7.11 Å². The SMILES string of the molecule is COc1ccc(NCc2cc(=O)oc3cc(O)c(O)cc23)cc1. The molecule has 3 rings (SSSR count). The van der Waals surface area contributed by atoms with Gasteiger partial charge in [-0.3, -0.25) is 0 Å². The van der Waals surface area contributed by atoms with E-state index >= 15 is 0 Å². The number of nitrogens with one attached hydrogen (secondary N) is 1. The Morgan fingerprint density at radius 1 is 1.09 bits per heavy atom. The molecule has 1 heterocycles. The van der Waals surface area contributed by atoms with Crippen molar-refractivity contribution >= 4 is 16.7 Å². The van der Waals surface area contributed by atoms with Gasteiger partial charge in [-0.25, -0.2) is 4.79 Å². The summed E-state index contributed by atoms with van der Waals surface area (Å²) in [4.78, 5) is 11.6. The molecule has 0 saturated heterocycles. The van der Waals surface area contributed by atoms with Gasteiger partial charge in [0.15, 0.2) is 11.5 Å². The highest BCUT2D eigenvalue weighted by Crippen LogP contribution is 2.31. The third kappa shape index (κ3) is 3.06. The Morgan fingerprint density at radius 2 is 1.78 bits per heavy atom. The quantitative estimate of drug-likeness (QED) is 0.507. The summed E-state index contributed by atoms with van der Waals surface area (Å²) in [6.07, 6.45) is 0. The fraction of sp³-hybridized carbons (Fsp3) is 0.118. The predicted molar refractivity (Wildman–Crippen MR) is 86.1 cm³/mol. The van der Waals surface area contributed by atoms with E-state index in [9.17, 15) is 15.0 Å². The van der Waals surface area contributed by atoms with Gasteiger partial charge < -0.3 is 24.7 Å². The Hall–Kier alpha value is -3.15. The van der Waals surface area contributed by atoms with Crippen LogP contribution in [-0.2, 0) is 6.54 Å². The highest BCUT2D eigenvalue weighted by Gasteiger charge is 2.10. The van der Waals surface area contributed by atoms with Crippen LogP contribution in [0.5, 0.6) is 17.2 Å². The Morgan fingerprint density at radius 3 is 2.48 bits per heavy atom. The molecule has 0 unspecified atom stereocenters. The molecule has 0 aliphatic rings. The summed E-state index contributed by atoms with van der Waals surface area (Å²) in [6.45, 7) is 0.360. The normalized spacial score (nSPS) is 10.7. The topological polar surface area (TPSA) is 91.9 Å². The molecule has 23 heavy (non-hydrogen) atoms. The zero-order valence-corrected chi connectivity index (χ0v) is 12.4. The van der Waals surface area contributed by atoms with Crippen molar-refractivity contribution in [2.24, 2.45) is 0 Å². The Kier molecular flexibility index (Phi) is 3.80. The van der Waals surface area contributed by atoms with E-state index in [4.69, 9.17) is 9.15 Å². The number of phenolic OH excluding ortho intramolecular Hbond substituents is 2. The maximum Gasteiger partial charge on any atom is 0.336 e. The standard InChI is InChI=1S/C17H15NO5/c1-22-12-4-2-11(3-5-12)18-9-10-6-17(21)23-16-8-15(20)14(19)7-13(10)16/h2-8,18-20H,9H2,1H3. The Balaban J connectivity index is 1.92.